The third-order valence-electron chi connectivity index (χ3n) is 4.90. The van der Waals surface area contributed by atoms with Crippen LogP contribution in [0.1, 0.15) is 0 Å². The largest absolute Gasteiger partial charge is 0.309 e. The van der Waals surface area contributed by atoms with Gasteiger partial charge in [-0.05, 0) is 60.7 Å². The molecule has 0 aliphatic carbocycles. The Bertz CT molecular complexity index is 1230. The van der Waals surface area contributed by atoms with Crippen LogP contribution in [0.25, 0.3) is 17.1 Å². The molecule has 0 unspecified atom stereocenters. The standard InChI is InChI=1S/C26H20N4/c1-2-11-22(12-3-1)30(26-16-9-15-25(28-26)29-18-6-7-19-29)23-13-8-10-21(20-23)24-14-4-5-17-27-24/h1-20H. The lowest BCUT2D eigenvalue weighted by Gasteiger charge is -2.25. The summed E-state index contributed by atoms with van der Waals surface area (Å²) in [6.45, 7) is 0. The molecule has 0 aliphatic heterocycles. The number of nitrogens with zero attached hydrogens (tertiary/aromatic N) is 4. The molecular weight excluding hydrogens is 368 g/mol. The Morgan fingerprint density at radius 2 is 1.40 bits per heavy atom. The van der Waals surface area contributed by atoms with Gasteiger partial charge in [0.25, 0.3) is 0 Å². The number of aromatic nitrogens is 3. The van der Waals surface area contributed by atoms with Crippen molar-refractivity contribution in [2.24, 2.45) is 0 Å². The van der Waals surface area contributed by atoms with Crippen LogP contribution in [-0.2, 0) is 0 Å². The Morgan fingerprint density at radius 3 is 2.20 bits per heavy atom. The lowest BCUT2D eigenvalue weighted by molar-refractivity contribution is 0.999. The molecule has 5 rings (SSSR count). The summed E-state index contributed by atoms with van der Waals surface area (Å²) in [6, 6.07) is 34.7. The molecule has 0 N–H and O–H groups in total. The van der Waals surface area contributed by atoms with Crippen LogP contribution in [-0.4, -0.2) is 14.5 Å². The SMILES string of the molecule is c1ccc(N(c2cccc(-c3ccccn3)c2)c2cccc(-n3cccc3)n2)cc1. The molecule has 144 valence electrons. The van der Waals surface area contributed by atoms with Crippen molar-refractivity contribution >= 4 is 17.2 Å². The fourth-order valence-electron chi connectivity index (χ4n) is 3.50. The first-order valence-electron chi connectivity index (χ1n) is 9.85. The summed E-state index contributed by atoms with van der Waals surface area (Å²) in [6.07, 6.45) is 5.82. The van der Waals surface area contributed by atoms with Crippen molar-refractivity contribution in [1.29, 1.82) is 0 Å². The molecule has 3 heterocycles. The van der Waals surface area contributed by atoms with Gasteiger partial charge in [0, 0.05) is 35.5 Å². The van der Waals surface area contributed by atoms with E-state index in [0.717, 1.165) is 34.3 Å². The molecule has 0 radical (unpaired) electrons. The summed E-state index contributed by atoms with van der Waals surface area (Å²) in [5.41, 5.74) is 4.09. The van der Waals surface area contributed by atoms with Gasteiger partial charge in [0.15, 0.2) is 0 Å². The second-order valence-corrected chi connectivity index (χ2v) is 6.88. The van der Waals surface area contributed by atoms with Crippen LogP contribution in [0.4, 0.5) is 17.2 Å². The summed E-state index contributed by atoms with van der Waals surface area (Å²) in [5, 5.41) is 0. The van der Waals surface area contributed by atoms with E-state index in [9.17, 15) is 0 Å². The second-order valence-electron chi connectivity index (χ2n) is 6.88. The molecular formula is C26H20N4. The van der Waals surface area contributed by atoms with Gasteiger partial charge in [0.05, 0.1) is 5.69 Å². The summed E-state index contributed by atoms with van der Waals surface area (Å²) >= 11 is 0. The van der Waals surface area contributed by atoms with Crippen LogP contribution in [0.2, 0.25) is 0 Å². The van der Waals surface area contributed by atoms with Gasteiger partial charge < -0.3 is 4.57 Å². The maximum absolute atomic E-state index is 4.94. The van der Waals surface area contributed by atoms with Gasteiger partial charge in [-0.1, -0.05) is 42.5 Å². The topological polar surface area (TPSA) is 34.0 Å². The smallest absolute Gasteiger partial charge is 0.140 e. The molecule has 30 heavy (non-hydrogen) atoms. The molecule has 4 nitrogen and oxygen atoms in total. The highest BCUT2D eigenvalue weighted by Gasteiger charge is 2.15. The minimum Gasteiger partial charge on any atom is -0.309 e. The molecule has 0 saturated carbocycles. The number of hydrogen-bond acceptors (Lipinski definition) is 3. The maximum Gasteiger partial charge on any atom is 0.140 e. The molecule has 0 aliphatic rings. The van der Waals surface area contributed by atoms with Crippen molar-refractivity contribution < 1.29 is 0 Å². The zero-order valence-corrected chi connectivity index (χ0v) is 16.3. The van der Waals surface area contributed by atoms with E-state index in [-0.39, 0.29) is 0 Å². The third-order valence-corrected chi connectivity index (χ3v) is 4.90. The van der Waals surface area contributed by atoms with Gasteiger partial charge in [-0.25, -0.2) is 4.98 Å². The minimum absolute atomic E-state index is 0.852. The van der Waals surface area contributed by atoms with E-state index in [1.807, 2.05) is 89.9 Å². The summed E-state index contributed by atoms with van der Waals surface area (Å²) < 4.78 is 2.01. The molecule has 0 atom stereocenters. The fraction of sp³-hybridized carbons (Fsp3) is 0. The van der Waals surface area contributed by atoms with Gasteiger partial charge in [0.2, 0.25) is 0 Å². The van der Waals surface area contributed by atoms with Gasteiger partial charge in [-0.2, -0.15) is 0 Å². The van der Waals surface area contributed by atoms with E-state index in [0.29, 0.717) is 0 Å². The van der Waals surface area contributed by atoms with Crippen molar-refractivity contribution in [2.45, 2.75) is 0 Å². The van der Waals surface area contributed by atoms with Gasteiger partial charge in [0.1, 0.15) is 11.6 Å². The first-order valence-corrected chi connectivity index (χ1v) is 9.85. The van der Waals surface area contributed by atoms with Crippen LogP contribution in [0, 0.1) is 0 Å². The van der Waals surface area contributed by atoms with Crippen LogP contribution in [0.15, 0.2) is 122 Å². The third kappa shape index (κ3) is 3.59. The predicted octanol–water partition coefficient (Wildman–Crippen LogP) is 6.40. The predicted molar refractivity (Wildman–Crippen MR) is 121 cm³/mol. The first kappa shape index (κ1) is 17.9. The van der Waals surface area contributed by atoms with Gasteiger partial charge >= 0.3 is 0 Å². The Kier molecular flexibility index (Phi) is 4.80. The van der Waals surface area contributed by atoms with Crippen LogP contribution in [0.3, 0.4) is 0 Å². The summed E-state index contributed by atoms with van der Waals surface area (Å²) in [4.78, 5) is 11.6. The highest BCUT2D eigenvalue weighted by Crippen LogP contribution is 2.35. The fourth-order valence-corrected chi connectivity index (χ4v) is 3.50. The molecule has 0 spiro atoms. The summed E-state index contributed by atoms with van der Waals surface area (Å²) in [7, 11) is 0. The Balaban J connectivity index is 1.64. The normalized spacial score (nSPS) is 10.7. The second kappa shape index (κ2) is 8.05. The summed E-state index contributed by atoms with van der Waals surface area (Å²) in [5.74, 6) is 1.73. The Morgan fingerprint density at radius 1 is 0.633 bits per heavy atom. The lowest BCUT2D eigenvalue weighted by atomic mass is 10.1. The van der Waals surface area contributed by atoms with Crippen LogP contribution < -0.4 is 4.90 Å². The zero-order valence-electron chi connectivity index (χ0n) is 16.3. The van der Waals surface area contributed by atoms with Crippen molar-refractivity contribution in [2.75, 3.05) is 4.90 Å². The number of rotatable bonds is 5. The number of benzene rings is 2. The molecule has 0 fully saturated rings. The molecule has 4 heteroatoms. The molecule has 0 amide bonds. The molecule has 0 bridgehead atoms. The van der Waals surface area contributed by atoms with Crippen LogP contribution in [0.5, 0.6) is 0 Å². The highest BCUT2D eigenvalue weighted by molar-refractivity contribution is 5.77. The molecule has 3 aromatic heterocycles. The quantitative estimate of drug-likeness (QED) is 0.349. The zero-order chi connectivity index (χ0) is 20.2. The number of anilines is 3. The van der Waals surface area contributed by atoms with E-state index in [2.05, 4.69) is 46.3 Å². The monoisotopic (exact) mass is 388 g/mol. The van der Waals surface area contributed by atoms with Crippen molar-refractivity contribution in [1.82, 2.24) is 14.5 Å². The van der Waals surface area contributed by atoms with E-state index in [1.54, 1.807) is 0 Å². The van der Waals surface area contributed by atoms with E-state index < -0.39 is 0 Å². The lowest BCUT2D eigenvalue weighted by Crippen LogP contribution is -2.12. The van der Waals surface area contributed by atoms with E-state index in [4.69, 9.17) is 4.98 Å². The van der Waals surface area contributed by atoms with Crippen molar-refractivity contribution in [3.05, 3.63) is 122 Å². The first-order chi connectivity index (χ1) is 14.9. The molecule has 0 saturated heterocycles. The molecule has 2 aromatic carbocycles. The Labute approximate surface area is 175 Å². The van der Waals surface area contributed by atoms with Crippen LogP contribution >= 0.6 is 0 Å². The minimum atomic E-state index is 0.852. The highest BCUT2D eigenvalue weighted by atomic mass is 15.2. The Hall–Kier alpha value is -4.18. The van der Waals surface area contributed by atoms with E-state index >= 15 is 0 Å². The van der Waals surface area contributed by atoms with Gasteiger partial charge in [-0.3, -0.25) is 9.88 Å². The van der Waals surface area contributed by atoms with Gasteiger partial charge in [-0.15, -0.1) is 0 Å². The average molecular weight is 388 g/mol. The number of para-hydroxylation sites is 1. The average Bonchev–Trinajstić information content (AvgIpc) is 3.36. The number of hydrogen-bond donors (Lipinski definition) is 0. The number of pyridine rings is 2. The van der Waals surface area contributed by atoms with Crippen molar-refractivity contribution in [3.63, 3.8) is 0 Å². The van der Waals surface area contributed by atoms with Crippen molar-refractivity contribution in [3.8, 4) is 17.1 Å². The maximum atomic E-state index is 4.94. The van der Waals surface area contributed by atoms with E-state index in [1.165, 1.54) is 0 Å². The molecule has 5 aromatic rings.